The SMILES string of the molecule is CC[C@@H]1O[C@H]1CCCCCCCCCCCCCC(=O)O. The Hall–Kier alpha value is -0.570. The van der Waals surface area contributed by atoms with E-state index >= 15 is 0 Å². The Balaban J connectivity index is 1.66. The van der Waals surface area contributed by atoms with E-state index in [-0.39, 0.29) is 0 Å². The van der Waals surface area contributed by atoms with Gasteiger partial charge < -0.3 is 9.84 Å². The molecule has 2 atom stereocenters. The predicted octanol–water partition coefficient (Wildman–Crippen LogP) is 5.32. The zero-order valence-electron chi connectivity index (χ0n) is 13.8. The van der Waals surface area contributed by atoms with E-state index in [4.69, 9.17) is 9.84 Å². The van der Waals surface area contributed by atoms with Crippen molar-refractivity contribution in [1.29, 1.82) is 0 Å². The zero-order chi connectivity index (χ0) is 15.3. The molecule has 1 heterocycles. The second-order valence-electron chi connectivity index (χ2n) is 6.44. The predicted molar refractivity (Wildman–Crippen MR) is 86.6 cm³/mol. The van der Waals surface area contributed by atoms with Crippen LogP contribution in [0, 0.1) is 0 Å². The van der Waals surface area contributed by atoms with Gasteiger partial charge in [0, 0.05) is 6.42 Å². The summed E-state index contributed by atoms with van der Waals surface area (Å²) in [6, 6.07) is 0. The van der Waals surface area contributed by atoms with Gasteiger partial charge in [0.2, 0.25) is 0 Å². The van der Waals surface area contributed by atoms with Crippen molar-refractivity contribution < 1.29 is 14.6 Å². The normalized spacial score (nSPS) is 20.6. The summed E-state index contributed by atoms with van der Waals surface area (Å²) in [4.78, 5) is 10.3. The van der Waals surface area contributed by atoms with Gasteiger partial charge in [-0.25, -0.2) is 0 Å². The number of carboxylic acids is 1. The number of ether oxygens (including phenoxy) is 1. The Labute approximate surface area is 130 Å². The highest BCUT2D eigenvalue weighted by molar-refractivity contribution is 5.66. The first-order valence-electron chi connectivity index (χ1n) is 9.11. The number of epoxide rings is 1. The number of hydrogen-bond acceptors (Lipinski definition) is 2. The maximum Gasteiger partial charge on any atom is 0.303 e. The van der Waals surface area contributed by atoms with Gasteiger partial charge in [-0.1, -0.05) is 71.1 Å². The molecule has 3 heteroatoms. The van der Waals surface area contributed by atoms with E-state index in [1.165, 1.54) is 70.6 Å². The number of carboxylic acid groups (broad SMARTS) is 1. The monoisotopic (exact) mass is 298 g/mol. The molecular weight excluding hydrogens is 264 g/mol. The lowest BCUT2D eigenvalue weighted by molar-refractivity contribution is -0.137. The molecule has 0 amide bonds. The maximum absolute atomic E-state index is 10.3. The third kappa shape index (κ3) is 10.8. The minimum absolute atomic E-state index is 0.338. The van der Waals surface area contributed by atoms with Crippen molar-refractivity contribution in [1.82, 2.24) is 0 Å². The average molecular weight is 298 g/mol. The van der Waals surface area contributed by atoms with Gasteiger partial charge in [0.25, 0.3) is 0 Å². The smallest absolute Gasteiger partial charge is 0.303 e. The molecule has 0 spiro atoms. The molecule has 1 N–H and O–H groups in total. The van der Waals surface area contributed by atoms with E-state index in [0.717, 1.165) is 12.8 Å². The summed E-state index contributed by atoms with van der Waals surface area (Å²) in [6.45, 7) is 2.21. The summed E-state index contributed by atoms with van der Waals surface area (Å²) in [5.41, 5.74) is 0. The highest BCUT2D eigenvalue weighted by atomic mass is 16.6. The molecule has 0 aromatic heterocycles. The minimum atomic E-state index is -0.659. The molecule has 1 saturated heterocycles. The summed E-state index contributed by atoms with van der Waals surface area (Å²) in [6.07, 6.45) is 17.9. The number of unbranched alkanes of at least 4 members (excludes halogenated alkanes) is 10. The molecule has 0 saturated carbocycles. The van der Waals surface area contributed by atoms with Gasteiger partial charge in [0.05, 0.1) is 12.2 Å². The van der Waals surface area contributed by atoms with Crippen LogP contribution in [0.2, 0.25) is 0 Å². The van der Waals surface area contributed by atoms with Crippen molar-refractivity contribution in [3.05, 3.63) is 0 Å². The van der Waals surface area contributed by atoms with E-state index in [9.17, 15) is 4.79 Å². The summed E-state index contributed by atoms with van der Waals surface area (Å²) >= 11 is 0. The molecule has 1 aliphatic rings. The lowest BCUT2D eigenvalue weighted by Crippen LogP contribution is -1.93. The van der Waals surface area contributed by atoms with Crippen molar-refractivity contribution in [2.45, 2.75) is 109 Å². The second-order valence-corrected chi connectivity index (χ2v) is 6.44. The van der Waals surface area contributed by atoms with Crippen LogP contribution >= 0.6 is 0 Å². The number of hydrogen-bond donors (Lipinski definition) is 1. The first-order valence-corrected chi connectivity index (χ1v) is 9.11. The molecule has 1 rings (SSSR count). The minimum Gasteiger partial charge on any atom is -0.481 e. The van der Waals surface area contributed by atoms with E-state index in [2.05, 4.69) is 6.92 Å². The highest BCUT2D eigenvalue weighted by Crippen LogP contribution is 2.29. The van der Waals surface area contributed by atoms with E-state index in [1.54, 1.807) is 0 Å². The molecule has 124 valence electrons. The van der Waals surface area contributed by atoms with Gasteiger partial charge >= 0.3 is 5.97 Å². The number of rotatable bonds is 15. The molecule has 0 aromatic carbocycles. The van der Waals surface area contributed by atoms with Crippen molar-refractivity contribution >= 4 is 5.97 Å². The molecular formula is C18H34O3. The Kier molecular flexibility index (Phi) is 10.6. The molecule has 3 nitrogen and oxygen atoms in total. The van der Waals surface area contributed by atoms with Gasteiger partial charge in [-0.2, -0.15) is 0 Å². The van der Waals surface area contributed by atoms with Gasteiger partial charge in [-0.15, -0.1) is 0 Å². The fraction of sp³-hybridized carbons (Fsp3) is 0.944. The maximum atomic E-state index is 10.3. The first kappa shape index (κ1) is 18.5. The molecule has 0 bridgehead atoms. The van der Waals surface area contributed by atoms with Crippen LogP contribution in [0.25, 0.3) is 0 Å². The Bertz CT molecular complexity index is 265. The molecule has 0 radical (unpaired) electrons. The van der Waals surface area contributed by atoms with Crippen molar-refractivity contribution in [2.24, 2.45) is 0 Å². The van der Waals surface area contributed by atoms with Crippen LogP contribution in [-0.2, 0) is 9.53 Å². The summed E-state index contributed by atoms with van der Waals surface area (Å²) in [7, 11) is 0. The highest BCUT2D eigenvalue weighted by Gasteiger charge is 2.35. The quantitative estimate of drug-likeness (QED) is 0.329. The van der Waals surface area contributed by atoms with E-state index in [1.807, 2.05) is 0 Å². The zero-order valence-corrected chi connectivity index (χ0v) is 13.8. The molecule has 21 heavy (non-hydrogen) atoms. The summed E-state index contributed by atoms with van der Waals surface area (Å²) < 4.78 is 5.55. The van der Waals surface area contributed by atoms with Crippen LogP contribution in [0.15, 0.2) is 0 Å². The van der Waals surface area contributed by atoms with E-state index in [0.29, 0.717) is 18.6 Å². The Morgan fingerprint density at radius 1 is 0.810 bits per heavy atom. The van der Waals surface area contributed by atoms with Gasteiger partial charge in [-0.05, 0) is 19.3 Å². The molecule has 0 unspecified atom stereocenters. The molecule has 0 aromatic rings. The fourth-order valence-corrected chi connectivity index (χ4v) is 3.00. The van der Waals surface area contributed by atoms with Crippen LogP contribution in [0.4, 0.5) is 0 Å². The Morgan fingerprint density at radius 2 is 1.29 bits per heavy atom. The van der Waals surface area contributed by atoms with Crippen molar-refractivity contribution in [3.8, 4) is 0 Å². The second kappa shape index (κ2) is 12.0. The molecule has 1 fully saturated rings. The number of aliphatic carboxylic acids is 1. The van der Waals surface area contributed by atoms with Gasteiger partial charge in [0.1, 0.15) is 0 Å². The van der Waals surface area contributed by atoms with Crippen LogP contribution in [0.3, 0.4) is 0 Å². The summed E-state index contributed by atoms with van der Waals surface area (Å²) in [5, 5.41) is 8.53. The largest absolute Gasteiger partial charge is 0.481 e. The number of carbonyl (C=O) groups is 1. The van der Waals surface area contributed by atoms with Crippen LogP contribution in [0.5, 0.6) is 0 Å². The first-order chi connectivity index (χ1) is 10.2. The van der Waals surface area contributed by atoms with Crippen LogP contribution in [0.1, 0.15) is 96.8 Å². The molecule has 1 aliphatic heterocycles. The third-order valence-corrected chi connectivity index (χ3v) is 4.47. The third-order valence-electron chi connectivity index (χ3n) is 4.47. The average Bonchev–Trinajstić information content (AvgIpc) is 3.22. The topological polar surface area (TPSA) is 49.8 Å². The summed E-state index contributed by atoms with van der Waals surface area (Å²) in [5.74, 6) is -0.659. The molecule has 0 aliphatic carbocycles. The van der Waals surface area contributed by atoms with Crippen molar-refractivity contribution in [3.63, 3.8) is 0 Å². The van der Waals surface area contributed by atoms with Crippen molar-refractivity contribution in [2.75, 3.05) is 0 Å². The van der Waals surface area contributed by atoms with Crippen LogP contribution < -0.4 is 0 Å². The lowest BCUT2D eigenvalue weighted by Gasteiger charge is -2.02. The van der Waals surface area contributed by atoms with E-state index < -0.39 is 5.97 Å². The van der Waals surface area contributed by atoms with Gasteiger partial charge in [-0.3, -0.25) is 4.79 Å². The van der Waals surface area contributed by atoms with Gasteiger partial charge in [0.15, 0.2) is 0 Å². The Morgan fingerprint density at radius 3 is 1.71 bits per heavy atom. The lowest BCUT2D eigenvalue weighted by atomic mass is 10.0. The standard InChI is InChI=1S/C18H34O3/c1-2-16-17(21-16)14-12-10-8-6-4-3-5-7-9-11-13-15-18(19)20/h16-17H,2-15H2,1H3,(H,19,20)/t16-,17-/m0/s1. The van der Waals surface area contributed by atoms with Crippen LogP contribution in [-0.4, -0.2) is 23.3 Å². The fourth-order valence-electron chi connectivity index (χ4n) is 3.00.